The number of hydrogen-bond donors (Lipinski definition) is 1. The van der Waals surface area contributed by atoms with E-state index in [-0.39, 0.29) is 6.10 Å². The maximum absolute atomic E-state index is 10.2. The molecule has 3 fully saturated rings. The largest absolute Gasteiger partial charge is 0.393 e. The molecule has 28 heavy (non-hydrogen) atoms. The highest BCUT2D eigenvalue weighted by Crippen LogP contribution is 2.65. The highest BCUT2D eigenvalue weighted by atomic mass is 16.5. The van der Waals surface area contributed by atoms with Crippen molar-refractivity contribution in [3.8, 4) is 0 Å². The summed E-state index contributed by atoms with van der Waals surface area (Å²) in [7, 11) is 0. The van der Waals surface area contributed by atoms with Crippen molar-refractivity contribution in [2.24, 2.45) is 34.5 Å². The predicted molar refractivity (Wildman–Crippen MR) is 116 cm³/mol. The van der Waals surface area contributed by atoms with Gasteiger partial charge in [0, 0.05) is 6.61 Å². The van der Waals surface area contributed by atoms with Gasteiger partial charge < -0.3 is 9.84 Å². The molecule has 0 bridgehead atoms. The Labute approximate surface area is 172 Å². The van der Waals surface area contributed by atoms with Crippen LogP contribution >= 0.6 is 0 Å². The summed E-state index contributed by atoms with van der Waals surface area (Å²) in [6.07, 6.45) is 14.6. The fourth-order valence-corrected chi connectivity index (χ4v) is 7.40. The predicted octanol–water partition coefficient (Wildman–Crippen LogP) is 6.30. The van der Waals surface area contributed by atoms with Crippen LogP contribution in [0.25, 0.3) is 0 Å². The number of aliphatic hydroxyl groups excluding tert-OH is 1. The van der Waals surface area contributed by atoms with Crippen molar-refractivity contribution >= 4 is 0 Å². The topological polar surface area (TPSA) is 29.5 Å². The van der Waals surface area contributed by atoms with Crippen LogP contribution in [0.3, 0.4) is 0 Å². The number of rotatable bonds is 5. The third-order valence-electron chi connectivity index (χ3n) is 9.26. The molecule has 2 unspecified atom stereocenters. The van der Waals surface area contributed by atoms with Gasteiger partial charge in [-0.3, -0.25) is 0 Å². The summed E-state index contributed by atoms with van der Waals surface area (Å²) in [6, 6.07) is 0. The molecule has 0 aromatic heterocycles. The third-order valence-corrected chi connectivity index (χ3v) is 9.26. The molecule has 0 heterocycles. The van der Waals surface area contributed by atoms with Gasteiger partial charge in [-0.2, -0.15) is 0 Å². The normalized spacial score (nSPS) is 43.7. The standard InChI is InChI=1S/C26H42O2/c1-17(2)12-15-28-18(3)22-8-9-23-21-7-6-19-16-20(27)10-13-25(19,4)24(21)11-14-26(22,23)5/h6-7,17-18,20,22-24,27H,8-16H2,1-5H3/t18?,20?,22-,23+,24+,25+,26-/m1/s1. The zero-order valence-electron chi connectivity index (χ0n) is 18.8. The highest BCUT2D eigenvalue weighted by Gasteiger charge is 2.57. The average Bonchev–Trinajstić information content (AvgIpc) is 2.99. The molecule has 2 nitrogen and oxygen atoms in total. The molecular formula is C26H42O2. The first-order chi connectivity index (χ1) is 13.3. The molecule has 0 aromatic rings. The van der Waals surface area contributed by atoms with E-state index in [1.54, 1.807) is 5.57 Å². The summed E-state index contributed by atoms with van der Waals surface area (Å²) in [6.45, 7) is 12.9. The SMILES string of the molecule is CC(C)CCOC(C)[C@H]1CC[C@H]2C3=CC=C4CC(O)CC[C@]4(C)[C@H]3CC[C@]12C. The maximum atomic E-state index is 10.2. The van der Waals surface area contributed by atoms with E-state index in [1.165, 1.54) is 37.7 Å². The summed E-state index contributed by atoms with van der Waals surface area (Å²) in [5.41, 5.74) is 3.95. The fraction of sp³-hybridized carbons (Fsp3) is 0.846. The lowest BCUT2D eigenvalue weighted by Crippen LogP contribution is -2.47. The zero-order valence-corrected chi connectivity index (χ0v) is 18.8. The van der Waals surface area contributed by atoms with Crippen LogP contribution in [-0.2, 0) is 4.74 Å². The summed E-state index contributed by atoms with van der Waals surface area (Å²) >= 11 is 0. The van der Waals surface area contributed by atoms with E-state index in [4.69, 9.17) is 4.74 Å². The monoisotopic (exact) mass is 386 g/mol. The first-order valence-corrected chi connectivity index (χ1v) is 12.0. The van der Waals surface area contributed by atoms with Gasteiger partial charge >= 0.3 is 0 Å². The summed E-state index contributed by atoms with van der Waals surface area (Å²) in [4.78, 5) is 0. The van der Waals surface area contributed by atoms with Crippen molar-refractivity contribution in [1.29, 1.82) is 0 Å². The van der Waals surface area contributed by atoms with Gasteiger partial charge in [0.25, 0.3) is 0 Å². The van der Waals surface area contributed by atoms with Gasteiger partial charge in [0.1, 0.15) is 0 Å². The molecule has 0 saturated heterocycles. The number of ether oxygens (including phenoxy) is 1. The molecule has 2 heteroatoms. The van der Waals surface area contributed by atoms with Crippen molar-refractivity contribution in [3.05, 3.63) is 23.3 Å². The van der Waals surface area contributed by atoms with Gasteiger partial charge in [0.15, 0.2) is 0 Å². The highest BCUT2D eigenvalue weighted by molar-refractivity contribution is 5.38. The van der Waals surface area contributed by atoms with Crippen molar-refractivity contribution in [2.45, 2.75) is 98.2 Å². The molecule has 0 aromatic carbocycles. The molecule has 158 valence electrons. The minimum absolute atomic E-state index is 0.122. The molecule has 0 aliphatic heterocycles. The Bertz CT molecular complexity index is 647. The molecule has 3 saturated carbocycles. The zero-order chi connectivity index (χ0) is 20.1. The minimum atomic E-state index is -0.122. The lowest BCUT2D eigenvalue weighted by atomic mass is 9.50. The van der Waals surface area contributed by atoms with Gasteiger partial charge in [-0.15, -0.1) is 0 Å². The van der Waals surface area contributed by atoms with E-state index in [9.17, 15) is 5.11 Å². The van der Waals surface area contributed by atoms with Gasteiger partial charge in [-0.05, 0) is 92.8 Å². The lowest BCUT2D eigenvalue weighted by molar-refractivity contribution is -0.0374. The van der Waals surface area contributed by atoms with Gasteiger partial charge in [-0.25, -0.2) is 0 Å². The maximum Gasteiger partial charge on any atom is 0.0580 e. The summed E-state index contributed by atoms with van der Waals surface area (Å²) < 4.78 is 6.35. The number of allylic oxidation sites excluding steroid dienone is 3. The van der Waals surface area contributed by atoms with Crippen LogP contribution < -0.4 is 0 Å². The van der Waals surface area contributed by atoms with Crippen LogP contribution in [0.15, 0.2) is 23.3 Å². The van der Waals surface area contributed by atoms with Gasteiger partial charge in [-0.1, -0.05) is 51.0 Å². The number of aliphatic hydroxyl groups is 1. The Hall–Kier alpha value is -0.600. The van der Waals surface area contributed by atoms with Crippen molar-refractivity contribution in [3.63, 3.8) is 0 Å². The van der Waals surface area contributed by atoms with Gasteiger partial charge in [0.2, 0.25) is 0 Å². The van der Waals surface area contributed by atoms with Crippen LogP contribution in [-0.4, -0.2) is 23.9 Å². The van der Waals surface area contributed by atoms with Crippen LogP contribution in [0.4, 0.5) is 0 Å². The Balaban J connectivity index is 1.53. The molecule has 4 aliphatic carbocycles. The average molecular weight is 387 g/mol. The summed E-state index contributed by atoms with van der Waals surface area (Å²) in [5.74, 6) is 2.85. The Morgan fingerprint density at radius 3 is 2.57 bits per heavy atom. The minimum Gasteiger partial charge on any atom is -0.393 e. The van der Waals surface area contributed by atoms with Crippen LogP contribution in [0.1, 0.15) is 86.0 Å². The van der Waals surface area contributed by atoms with E-state index < -0.39 is 0 Å². The second-order valence-electron chi connectivity index (χ2n) is 11.3. The molecular weight excluding hydrogens is 344 g/mol. The molecule has 7 atom stereocenters. The first-order valence-electron chi connectivity index (χ1n) is 12.0. The Morgan fingerprint density at radius 2 is 1.82 bits per heavy atom. The molecule has 4 aliphatic rings. The van der Waals surface area contributed by atoms with E-state index in [2.05, 4.69) is 46.8 Å². The molecule has 1 N–H and O–H groups in total. The lowest BCUT2D eigenvalue weighted by Gasteiger charge is -2.55. The third kappa shape index (κ3) is 3.33. The smallest absolute Gasteiger partial charge is 0.0580 e. The van der Waals surface area contributed by atoms with E-state index in [1.807, 2.05) is 0 Å². The Kier molecular flexibility index (Phi) is 5.59. The summed E-state index contributed by atoms with van der Waals surface area (Å²) in [5, 5.41) is 10.2. The fourth-order valence-electron chi connectivity index (χ4n) is 7.40. The quantitative estimate of drug-likeness (QED) is 0.601. The number of hydrogen-bond acceptors (Lipinski definition) is 2. The number of fused-ring (bicyclic) bond motifs is 5. The second kappa shape index (κ2) is 7.58. The van der Waals surface area contributed by atoms with E-state index >= 15 is 0 Å². The molecule has 4 rings (SSSR count). The molecule has 0 radical (unpaired) electrons. The van der Waals surface area contributed by atoms with Crippen LogP contribution in [0.5, 0.6) is 0 Å². The Morgan fingerprint density at radius 1 is 1.04 bits per heavy atom. The van der Waals surface area contributed by atoms with Crippen LogP contribution in [0.2, 0.25) is 0 Å². The van der Waals surface area contributed by atoms with Crippen molar-refractivity contribution < 1.29 is 9.84 Å². The van der Waals surface area contributed by atoms with Crippen molar-refractivity contribution in [2.75, 3.05) is 6.61 Å². The van der Waals surface area contributed by atoms with E-state index in [0.29, 0.717) is 28.8 Å². The molecule has 0 spiro atoms. The van der Waals surface area contributed by atoms with E-state index in [0.717, 1.165) is 37.7 Å². The van der Waals surface area contributed by atoms with Crippen LogP contribution in [0, 0.1) is 34.5 Å². The van der Waals surface area contributed by atoms with Crippen molar-refractivity contribution in [1.82, 2.24) is 0 Å². The molecule has 0 amide bonds. The van der Waals surface area contributed by atoms with Gasteiger partial charge in [0.05, 0.1) is 12.2 Å². The second-order valence-corrected chi connectivity index (χ2v) is 11.3. The first kappa shape index (κ1) is 20.7.